The molecule has 2 nitrogen and oxygen atoms in total. The minimum absolute atomic E-state index is 0.226. The zero-order valence-electron chi connectivity index (χ0n) is 17.9. The number of hydrogen-bond donors (Lipinski definition) is 0. The molecule has 24 heavy (non-hydrogen) atoms. The van der Waals surface area contributed by atoms with Crippen LogP contribution in [0.15, 0.2) is 0 Å². The summed E-state index contributed by atoms with van der Waals surface area (Å²) < 4.78 is 0. The quantitative estimate of drug-likeness (QED) is 0.331. The molecular weight excluding hydrogens is 315 g/mol. The second-order valence-corrected chi connectivity index (χ2v) is 13.2. The highest BCUT2D eigenvalue weighted by atomic mass is 31.2. The minimum atomic E-state index is -0.920. The van der Waals surface area contributed by atoms with Crippen LogP contribution in [-0.4, -0.2) is 31.1 Å². The predicted molar refractivity (Wildman–Crippen MR) is 110 cm³/mol. The summed E-state index contributed by atoms with van der Waals surface area (Å²) in [5.74, 6) is 1.72. The molecule has 146 valence electrons. The van der Waals surface area contributed by atoms with E-state index < -0.39 is 13.2 Å². The Labute approximate surface area is 153 Å². The van der Waals surface area contributed by atoms with Gasteiger partial charge in [0.05, 0.1) is 18.5 Å². The average molecular weight is 361 g/mol. The van der Waals surface area contributed by atoms with Crippen molar-refractivity contribution in [3.05, 3.63) is 0 Å². The van der Waals surface area contributed by atoms with E-state index in [0.717, 1.165) is 37.0 Å². The van der Waals surface area contributed by atoms with Crippen LogP contribution in [-0.2, 0) is 4.79 Å². The Morgan fingerprint density at radius 3 is 1.46 bits per heavy atom. The van der Waals surface area contributed by atoms with Crippen molar-refractivity contribution in [2.24, 2.45) is 17.8 Å². The van der Waals surface area contributed by atoms with Gasteiger partial charge in [-0.2, -0.15) is 0 Å². The third kappa shape index (κ3) is 19.9. The van der Waals surface area contributed by atoms with Crippen molar-refractivity contribution in [2.75, 3.05) is 25.2 Å². The van der Waals surface area contributed by atoms with Crippen LogP contribution in [0.1, 0.15) is 87.0 Å². The molecule has 0 aromatic rings. The number of carbonyl (C=O) groups excluding carboxylic acids is 1. The van der Waals surface area contributed by atoms with Crippen LogP contribution in [0.2, 0.25) is 0 Å². The van der Waals surface area contributed by atoms with Gasteiger partial charge in [0.15, 0.2) is 0 Å². The first-order valence-electron chi connectivity index (χ1n) is 10.1. The number of carboxylic acids is 1. The van der Waals surface area contributed by atoms with Gasteiger partial charge in [0, 0.05) is 19.9 Å². The molecule has 0 saturated carbocycles. The van der Waals surface area contributed by atoms with E-state index in [-0.39, 0.29) is 6.42 Å². The molecule has 0 amide bonds. The fourth-order valence-corrected chi connectivity index (χ4v) is 9.48. The van der Waals surface area contributed by atoms with Crippen LogP contribution in [0.5, 0.6) is 0 Å². The van der Waals surface area contributed by atoms with Gasteiger partial charge in [0.25, 0.3) is 0 Å². The lowest BCUT2D eigenvalue weighted by Crippen LogP contribution is -2.21. The van der Waals surface area contributed by atoms with Gasteiger partial charge in [-0.25, -0.2) is 0 Å². The normalized spacial score (nSPS) is 11.8. The molecule has 0 rings (SSSR count). The summed E-state index contributed by atoms with van der Waals surface area (Å²) in [5.41, 5.74) is 0. The first kappa shape index (κ1) is 26.1. The lowest BCUT2D eigenvalue weighted by Gasteiger charge is -2.28. The first-order chi connectivity index (χ1) is 11.0. The molecule has 0 aromatic heterocycles. The monoisotopic (exact) mass is 360 g/mol. The number of carbonyl (C=O) groups is 1. The lowest BCUT2D eigenvalue weighted by molar-refractivity contribution is -0.305. The highest BCUT2D eigenvalue weighted by molar-refractivity contribution is 7.75. The number of carboxylic acid groups (broad SMARTS) is 1. The molecule has 0 aromatic carbocycles. The molecule has 0 aliphatic heterocycles. The number of aliphatic carboxylic acids is 1. The molecule has 0 unspecified atom stereocenters. The van der Waals surface area contributed by atoms with Crippen LogP contribution in [0.3, 0.4) is 0 Å². The van der Waals surface area contributed by atoms with Crippen molar-refractivity contribution in [2.45, 2.75) is 87.0 Å². The summed E-state index contributed by atoms with van der Waals surface area (Å²) in [4.78, 5) is 9.92. The third-order valence-corrected chi connectivity index (χ3v) is 8.74. The molecule has 0 spiro atoms. The predicted octanol–water partition coefficient (Wildman–Crippen LogP) is 5.70. The highest BCUT2D eigenvalue weighted by Gasteiger charge is 2.33. The van der Waals surface area contributed by atoms with Gasteiger partial charge in [0.2, 0.25) is 0 Å². The summed E-state index contributed by atoms with van der Waals surface area (Å²) >= 11 is 0. The van der Waals surface area contributed by atoms with E-state index in [2.05, 4.69) is 55.1 Å². The van der Waals surface area contributed by atoms with E-state index in [4.69, 9.17) is 0 Å². The molecule has 0 N–H and O–H groups in total. The van der Waals surface area contributed by atoms with Crippen molar-refractivity contribution in [3.63, 3.8) is 0 Å². The Bertz CT molecular complexity index is 272. The number of unbranched alkanes of at least 4 members (excludes halogenated alkanes) is 4. The van der Waals surface area contributed by atoms with E-state index in [1.54, 1.807) is 0 Å². The fourth-order valence-electron chi connectivity index (χ4n) is 3.74. The SMILES string of the molecule is CC(C)C[P+](C)(CC(C)C)CC(C)C.CCCCCCCC(=O)[O-]. The Morgan fingerprint density at radius 2 is 1.17 bits per heavy atom. The fraction of sp³-hybridized carbons (Fsp3) is 0.952. The molecule has 0 bridgehead atoms. The summed E-state index contributed by atoms with van der Waals surface area (Å²) in [7, 11) is -0.638. The Hall–Kier alpha value is -0.100. The minimum Gasteiger partial charge on any atom is -0.550 e. The molecule has 3 heteroatoms. The highest BCUT2D eigenvalue weighted by Crippen LogP contribution is 2.58. The van der Waals surface area contributed by atoms with Gasteiger partial charge in [-0.05, 0) is 30.6 Å². The number of hydrogen-bond acceptors (Lipinski definition) is 2. The summed E-state index contributed by atoms with van der Waals surface area (Å²) in [6.45, 7) is 19.0. The van der Waals surface area contributed by atoms with Crippen molar-refractivity contribution >= 4 is 13.2 Å². The van der Waals surface area contributed by atoms with Crippen LogP contribution < -0.4 is 5.11 Å². The van der Waals surface area contributed by atoms with Crippen molar-refractivity contribution < 1.29 is 9.90 Å². The standard InChI is InChI=1S/C13H30P.C8H16O2/c1-11(2)8-14(7,9-12(3)4)10-13(5)6;1-2-3-4-5-6-7-8(9)10/h11-13H,8-10H2,1-7H3;2-7H2,1H3,(H,9,10)/q+1;/p-1. The maximum atomic E-state index is 9.92. The molecule has 0 aliphatic rings. The van der Waals surface area contributed by atoms with Crippen LogP contribution >= 0.6 is 7.26 Å². The molecular formula is C21H45O2P. The van der Waals surface area contributed by atoms with Gasteiger partial charge in [-0.15, -0.1) is 0 Å². The van der Waals surface area contributed by atoms with Gasteiger partial charge < -0.3 is 9.90 Å². The van der Waals surface area contributed by atoms with Crippen molar-refractivity contribution in [1.82, 2.24) is 0 Å². The Kier molecular flexibility index (Phi) is 16.5. The molecule has 0 heterocycles. The van der Waals surface area contributed by atoms with Crippen LogP contribution in [0, 0.1) is 17.8 Å². The molecule has 0 radical (unpaired) electrons. The van der Waals surface area contributed by atoms with E-state index in [0.29, 0.717) is 0 Å². The maximum absolute atomic E-state index is 9.92. The zero-order valence-corrected chi connectivity index (χ0v) is 18.8. The van der Waals surface area contributed by atoms with Gasteiger partial charge in [0.1, 0.15) is 0 Å². The van der Waals surface area contributed by atoms with Crippen LogP contribution in [0.4, 0.5) is 0 Å². The second-order valence-electron chi connectivity index (χ2n) is 8.88. The first-order valence-corrected chi connectivity index (χ1v) is 12.8. The number of rotatable bonds is 12. The molecule has 0 atom stereocenters. The van der Waals surface area contributed by atoms with E-state index in [9.17, 15) is 9.90 Å². The summed E-state index contributed by atoms with van der Waals surface area (Å²) in [6.07, 6.45) is 10.1. The maximum Gasteiger partial charge on any atom is 0.0614 e. The van der Waals surface area contributed by atoms with Crippen LogP contribution in [0.25, 0.3) is 0 Å². The molecule has 0 saturated heterocycles. The largest absolute Gasteiger partial charge is 0.550 e. The van der Waals surface area contributed by atoms with E-state index in [1.165, 1.54) is 31.3 Å². The van der Waals surface area contributed by atoms with E-state index >= 15 is 0 Å². The zero-order chi connectivity index (χ0) is 19.2. The Morgan fingerprint density at radius 1 is 0.792 bits per heavy atom. The second kappa shape index (κ2) is 15.2. The lowest BCUT2D eigenvalue weighted by atomic mass is 10.1. The van der Waals surface area contributed by atoms with Gasteiger partial charge in [-0.1, -0.05) is 74.1 Å². The molecule has 0 fully saturated rings. The van der Waals surface area contributed by atoms with E-state index in [1.807, 2.05) is 0 Å². The van der Waals surface area contributed by atoms with Gasteiger partial charge >= 0.3 is 0 Å². The summed E-state index contributed by atoms with van der Waals surface area (Å²) in [6, 6.07) is 0. The summed E-state index contributed by atoms with van der Waals surface area (Å²) in [5, 5.41) is 9.92. The average Bonchev–Trinajstić information content (AvgIpc) is 2.35. The third-order valence-electron chi connectivity index (χ3n) is 3.90. The van der Waals surface area contributed by atoms with Crippen molar-refractivity contribution in [1.29, 1.82) is 0 Å². The molecule has 0 aliphatic carbocycles. The smallest absolute Gasteiger partial charge is 0.0614 e. The van der Waals surface area contributed by atoms with Crippen molar-refractivity contribution in [3.8, 4) is 0 Å². The Balaban J connectivity index is 0. The topological polar surface area (TPSA) is 40.1 Å². The van der Waals surface area contributed by atoms with Gasteiger partial charge in [-0.3, -0.25) is 0 Å².